The molecule has 2 rings (SSSR count). The maximum Gasteiger partial charge on any atom is 0.407 e. The van der Waals surface area contributed by atoms with Crippen molar-refractivity contribution in [2.45, 2.75) is 39.2 Å². The van der Waals surface area contributed by atoms with Gasteiger partial charge in [0.2, 0.25) is 0 Å². The Labute approximate surface area is 126 Å². The molecule has 21 heavy (non-hydrogen) atoms. The molecule has 112 valence electrons. The first kappa shape index (κ1) is 15.4. The molecule has 0 fully saturated rings. The van der Waals surface area contributed by atoms with E-state index >= 15 is 0 Å². The largest absolute Gasteiger partial charge is 0.444 e. The number of ether oxygens (including phenoxy) is 1. The predicted octanol–water partition coefficient (Wildman–Crippen LogP) is 4.18. The highest BCUT2D eigenvalue weighted by Crippen LogP contribution is 2.27. The van der Waals surface area contributed by atoms with Crippen LogP contribution >= 0.6 is 0 Å². The number of aryl methyl sites for hydroxylation is 1. The fraction of sp³-hybridized carbons (Fsp3) is 0.389. The normalized spacial score (nSPS) is 14.0. The number of carbonyl (C=O) groups excluding carboxylic acids is 1. The van der Waals surface area contributed by atoms with Crippen LogP contribution in [0.4, 0.5) is 4.79 Å². The van der Waals surface area contributed by atoms with E-state index in [0.29, 0.717) is 6.54 Å². The van der Waals surface area contributed by atoms with Gasteiger partial charge in [-0.2, -0.15) is 0 Å². The molecule has 1 aliphatic rings. The van der Waals surface area contributed by atoms with Gasteiger partial charge in [0.05, 0.1) is 0 Å². The molecule has 0 radical (unpaired) electrons. The average molecular weight is 285 g/mol. The van der Waals surface area contributed by atoms with Crippen molar-refractivity contribution in [1.82, 2.24) is 5.32 Å². The first-order valence-corrected chi connectivity index (χ1v) is 7.30. The summed E-state index contributed by atoms with van der Waals surface area (Å²) in [5.74, 6) is 0. The molecule has 0 saturated carbocycles. The summed E-state index contributed by atoms with van der Waals surface area (Å²) >= 11 is 0. The van der Waals surface area contributed by atoms with Crippen molar-refractivity contribution in [3.05, 3.63) is 47.5 Å². The summed E-state index contributed by atoms with van der Waals surface area (Å²) in [5, 5.41) is 2.83. The zero-order chi connectivity index (χ0) is 15.5. The van der Waals surface area contributed by atoms with E-state index in [1.54, 1.807) is 0 Å². The molecule has 0 heterocycles. The molecule has 0 aromatic heterocycles. The van der Waals surface area contributed by atoms with E-state index < -0.39 is 5.60 Å². The Morgan fingerprint density at radius 1 is 1.43 bits per heavy atom. The summed E-state index contributed by atoms with van der Waals surface area (Å²) in [7, 11) is 0. The van der Waals surface area contributed by atoms with Crippen LogP contribution in [-0.2, 0) is 11.2 Å². The second-order valence-electron chi connectivity index (χ2n) is 6.24. The van der Waals surface area contributed by atoms with E-state index in [1.165, 1.54) is 11.1 Å². The number of alkyl carbamates (subject to hydrolysis) is 1. The summed E-state index contributed by atoms with van der Waals surface area (Å²) in [6.45, 7) is 9.88. The number of carbonyl (C=O) groups is 1. The second kappa shape index (κ2) is 6.17. The Balaban J connectivity index is 2.04. The van der Waals surface area contributed by atoms with E-state index in [4.69, 9.17) is 4.74 Å². The topological polar surface area (TPSA) is 38.3 Å². The molecule has 1 N–H and O–H groups in total. The smallest absolute Gasteiger partial charge is 0.407 e. The van der Waals surface area contributed by atoms with Crippen molar-refractivity contribution in [3.63, 3.8) is 0 Å². The summed E-state index contributed by atoms with van der Waals surface area (Å²) in [6.07, 6.45) is 5.70. The van der Waals surface area contributed by atoms with Crippen LogP contribution < -0.4 is 5.32 Å². The van der Waals surface area contributed by atoms with Gasteiger partial charge < -0.3 is 10.1 Å². The van der Waals surface area contributed by atoms with Crippen LogP contribution in [0.3, 0.4) is 0 Å². The molecule has 0 aliphatic heterocycles. The van der Waals surface area contributed by atoms with Crippen molar-refractivity contribution < 1.29 is 9.53 Å². The van der Waals surface area contributed by atoms with Gasteiger partial charge in [-0.15, -0.1) is 0 Å². The molecule has 0 spiro atoms. The third-order valence-electron chi connectivity index (χ3n) is 3.34. The molecule has 0 unspecified atom stereocenters. The quantitative estimate of drug-likeness (QED) is 0.904. The Kier molecular flexibility index (Phi) is 4.51. The molecule has 0 saturated heterocycles. The summed E-state index contributed by atoms with van der Waals surface area (Å²) < 4.78 is 5.26. The molecule has 1 aromatic rings. The minimum atomic E-state index is -0.470. The number of nitrogens with one attached hydrogen (secondary N) is 1. The van der Waals surface area contributed by atoms with Crippen LogP contribution in [0.25, 0.3) is 11.6 Å². The van der Waals surface area contributed by atoms with Crippen LogP contribution in [0.2, 0.25) is 0 Å². The van der Waals surface area contributed by atoms with Gasteiger partial charge in [-0.3, -0.25) is 0 Å². The van der Waals surface area contributed by atoms with E-state index in [0.717, 1.165) is 24.0 Å². The molecule has 0 atom stereocenters. The number of amides is 1. The Hall–Kier alpha value is -2.03. The van der Waals surface area contributed by atoms with E-state index in [2.05, 4.69) is 36.2 Å². The van der Waals surface area contributed by atoms with Crippen LogP contribution in [0.15, 0.2) is 30.9 Å². The molecule has 3 heteroatoms. The highest BCUT2D eigenvalue weighted by Gasteiger charge is 2.17. The highest BCUT2D eigenvalue weighted by atomic mass is 16.6. The third-order valence-corrected chi connectivity index (χ3v) is 3.34. The lowest BCUT2D eigenvalue weighted by Crippen LogP contribution is -2.33. The Morgan fingerprint density at radius 2 is 2.19 bits per heavy atom. The van der Waals surface area contributed by atoms with Crippen molar-refractivity contribution >= 4 is 17.7 Å². The van der Waals surface area contributed by atoms with Crippen molar-refractivity contribution in [2.24, 2.45) is 0 Å². The number of benzene rings is 1. The molecular weight excluding hydrogens is 262 g/mol. The van der Waals surface area contributed by atoms with Gasteiger partial charge in [0, 0.05) is 6.54 Å². The molecule has 1 amide bonds. The number of hydrogen-bond acceptors (Lipinski definition) is 2. The lowest BCUT2D eigenvalue weighted by molar-refractivity contribution is 0.0535. The lowest BCUT2D eigenvalue weighted by atomic mass is 9.89. The predicted molar refractivity (Wildman–Crippen MR) is 87.1 cm³/mol. The minimum absolute atomic E-state index is 0.377. The number of fused-ring (bicyclic) bond motifs is 1. The van der Waals surface area contributed by atoms with Gasteiger partial charge in [0.15, 0.2) is 0 Å². The number of hydrogen-bond donors (Lipinski definition) is 1. The molecule has 1 aromatic carbocycles. The molecule has 0 bridgehead atoms. The summed E-state index contributed by atoms with van der Waals surface area (Å²) in [5.41, 5.74) is 4.34. The van der Waals surface area contributed by atoms with Crippen molar-refractivity contribution in [3.8, 4) is 0 Å². The monoisotopic (exact) mass is 285 g/mol. The van der Waals surface area contributed by atoms with Crippen LogP contribution in [0.5, 0.6) is 0 Å². The zero-order valence-electron chi connectivity index (χ0n) is 13.0. The Morgan fingerprint density at radius 3 is 2.86 bits per heavy atom. The molecule has 3 nitrogen and oxygen atoms in total. The summed E-state index contributed by atoms with van der Waals surface area (Å²) in [4.78, 5) is 11.7. The van der Waals surface area contributed by atoms with E-state index in [9.17, 15) is 4.79 Å². The van der Waals surface area contributed by atoms with Gasteiger partial charge >= 0.3 is 6.09 Å². The Bertz CT molecular complexity index is 579. The first-order chi connectivity index (χ1) is 9.89. The van der Waals surface area contributed by atoms with Gasteiger partial charge in [-0.25, -0.2) is 4.79 Å². The SMILES string of the molecule is C=Cc1ccc2c(c1)CCC=C2CNC(=O)OC(C)(C)C. The van der Waals surface area contributed by atoms with Crippen LogP contribution in [0.1, 0.15) is 43.9 Å². The van der Waals surface area contributed by atoms with Gasteiger partial charge in [0.25, 0.3) is 0 Å². The maximum atomic E-state index is 11.7. The van der Waals surface area contributed by atoms with Crippen molar-refractivity contribution in [1.29, 1.82) is 0 Å². The van der Waals surface area contributed by atoms with Crippen molar-refractivity contribution in [2.75, 3.05) is 6.54 Å². The fourth-order valence-corrected chi connectivity index (χ4v) is 2.42. The zero-order valence-corrected chi connectivity index (χ0v) is 13.0. The standard InChI is InChI=1S/C18H23NO2/c1-5-13-9-10-16-14(11-13)7-6-8-15(16)12-19-17(20)21-18(2,3)4/h5,8-11H,1,6-7,12H2,2-4H3,(H,19,20). The van der Waals surface area contributed by atoms with Gasteiger partial charge in [-0.1, -0.05) is 36.9 Å². The van der Waals surface area contributed by atoms with Crippen LogP contribution in [-0.4, -0.2) is 18.2 Å². The third kappa shape index (κ3) is 4.22. The molecule has 1 aliphatic carbocycles. The van der Waals surface area contributed by atoms with E-state index in [-0.39, 0.29) is 6.09 Å². The summed E-state index contributed by atoms with van der Waals surface area (Å²) in [6, 6.07) is 6.33. The highest BCUT2D eigenvalue weighted by molar-refractivity contribution is 5.76. The van der Waals surface area contributed by atoms with Crippen LogP contribution in [0, 0.1) is 0 Å². The fourth-order valence-electron chi connectivity index (χ4n) is 2.42. The van der Waals surface area contributed by atoms with E-state index in [1.807, 2.05) is 26.8 Å². The van der Waals surface area contributed by atoms with Gasteiger partial charge in [0.1, 0.15) is 5.60 Å². The second-order valence-corrected chi connectivity index (χ2v) is 6.24. The maximum absolute atomic E-state index is 11.7. The lowest BCUT2D eigenvalue weighted by Gasteiger charge is -2.22. The van der Waals surface area contributed by atoms with Gasteiger partial charge in [-0.05, 0) is 55.9 Å². The number of allylic oxidation sites excluding steroid dienone is 1. The minimum Gasteiger partial charge on any atom is -0.444 e. The average Bonchev–Trinajstić information content (AvgIpc) is 2.42. The number of rotatable bonds is 3. The molecular formula is C18H23NO2. The first-order valence-electron chi connectivity index (χ1n) is 7.30.